The fraction of sp³-hybridized carbons (Fsp3) is 0.353. The van der Waals surface area contributed by atoms with Gasteiger partial charge in [0.2, 0.25) is 0 Å². The molecule has 1 N–H and O–H groups in total. The van der Waals surface area contributed by atoms with E-state index in [9.17, 15) is 0 Å². The Labute approximate surface area is 133 Å². The molecule has 3 rings (SSSR count). The van der Waals surface area contributed by atoms with E-state index in [1.807, 2.05) is 17.5 Å². The molecule has 0 saturated heterocycles. The molecular formula is C17H20N2S2. The largest absolute Gasteiger partial charge is 0.303 e. The van der Waals surface area contributed by atoms with Crippen LogP contribution in [0.1, 0.15) is 49.2 Å². The Morgan fingerprint density at radius 1 is 1.24 bits per heavy atom. The number of nitrogens with zero attached hydrogens (tertiary/aromatic N) is 1. The van der Waals surface area contributed by atoms with Gasteiger partial charge in [0.05, 0.1) is 10.2 Å². The second-order valence-corrected chi connectivity index (χ2v) is 7.24. The summed E-state index contributed by atoms with van der Waals surface area (Å²) in [5, 5.41) is 8.03. The third kappa shape index (κ3) is 3.34. The number of fused-ring (bicyclic) bond motifs is 1. The van der Waals surface area contributed by atoms with Gasteiger partial charge in [-0.25, -0.2) is 0 Å². The Balaban J connectivity index is 1.78. The molecule has 0 radical (unpaired) electrons. The van der Waals surface area contributed by atoms with E-state index in [-0.39, 0.29) is 0 Å². The summed E-state index contributed by atoms with van der Waals surface area (Å²) in [6, 6.07) is 9.45. The Hall–Kier alpha value is -1.23. The summed E-state index contributed by atoms with van der Waals surface area (Å²) < 4.78 is 1.27. The molecule has 0 aliphatic rings. The molecule has 0 saturated carbocycles. The molecule has 4 heteroatoms. The second kappa shape index (κ2) is 6.69. The highest BCUT2D eigenvalue weighted by molar-refractivity contribution is 7.17. The maximum atomic E-state index is 4.55. The molecule has 0 fully saturated rings. The van der Waals surface area contributed by atoms with E-state index in [4.69, 9.17) is 0 Å². The molecule has 0 aliphatic heterocycles. The number of thiophene rings is 2. The van der Waals surface area contributed by atoms with Gasteiger partial charge in [0.1, 0.15) is 0 Å². The van der Waals surface area contributed by atoms with Crippen LogP contribution in [0.2, 0.25) is 0 Å². The third-order valence-corrected chi connectivity index (χ3v) is 5.58. The molecule has 0 bridgehead atoms. The van der Waals surface area contributed by atoms with Gasteiger partial charge in [-0.2, -0.15) is 0 Å². The van der Waals surface area contributed by atoms with Crippen LogP contribution in [0.25, 0.3) is 10.2 Å². The first-order valence-corrected chi connectivity index (χ1v) is 9.16. The summed E-state index contributed by atoms with van der Waals surface area (Å²) in [5.41, 5.74) is 2.36. The number of pyridine rings is 1. The molecule has 2 unspecified atom stereocenters. The van der Waals surface area contributed by atoms with Crippen LogP contribution in [-0.2, 0) is 0 Å². The van der Waals surface area contributed by atoms with Crippen molar-refractivity contribution in [3.63, 3.8) is 0 Å². The van der Waals surface area contributed by atoms with Crippen molar-refractivity contribution in [3.05, 3.63) is 51.7 Å². The van der Waals surface area contributed by atoms with Crippen LogP contribution in [0.3, 0.4) is 0 Å². The van der Waals surface area contributed by atoms with Crippen molar-refractivity contribution in [2.45, 2.75) is 38.8 Å². The van der Waals surface area contributed by atoms with Gasteiger partial charge in [0, 0.05) is 23.2 Å². The SMILES string of the molecule is CCCC(NC(C)c1cnc2ccsc2c1)c1cccs1. The monoisotopic (exact) mass is 316 g/mol. The van der Waals surface area contributed by atoms with Gasteiger partial charge >= 0.3 is 0 Å². The van der Waals surface area contributed by atoms with E-state index < -0.39 is 0 Å². The van der Waals surface area contributed by atoms with Crippen LogP contribution in [0.5, 0.6) is 0 Å². The van der Waals surface area contributed by atoms with Gasteiger partial charge in [0.25, 0.3) is 0 Å². The maximum absolute atomic E-state index is 4.55. The van der Waals surface area contributed by atoms with Gasteiger partial charge in [-0.05, 0) is 47.9 Å². The van der Waals surface area contributed by atoms with Crippen LogP contribution in [-0.4, -0.2) is 4.98 Å². The number of hydrogen-bond acceptors (Lipinski definition) is 4. The zero-order chi connectivity index (χ0) is 14.7. The molecule has 2 nitrogen and oxygen atoms in total. The predicted molar refractivity (Wildman–Crippen MR) is 93.1 cm³/mol. The molecule has 110 valence electrons. The quantitative estimate of drug-likeness (QED) is 0.645. The second-order valence-electron chi connectivity index (χ2n) is 5.32. The molecule has 3 heterocycles. The van der Waals surface area contributed by atoms with E-state index in [1.165, 1.54) is 28.0 Å². The molecule has 2 atom stereocenters. The highest BCUT2D eigenvalue weighted by atomic mass is 32.1. The predicted octanol–water partition coefficient (Wildman–Crippen LogP) is 5.55. The summed E-state index contributed by atoms with van der Waals surface area (Å²) in [4.78, 5) is 5.98. The van der Waals surface area contributed by atoms with Crippen molar-refractivity contribution in [2.24, 2.45) is 0 Å². The molecule has 0 aromatic carbocycles. The lowest BCUT2D eigenvalue weighted by Crippen LogP contribution is -2.24. The Morgan fingerprint density at radius 3 is 2.90 bits per heavy atom. The molecule has 21 heavy (non-hydrogen) atoms. The fourth-order valence-electron chi connectivity index (χ4n) is 2.58. The van der Waals surface area contributed by atoms with Crippen LogP contribution < -0.4 is 5.32 Å². The Bertz CT molecular complexity index is 688. The lowest BCUT2D eigenvalue weighted by atomic mass is 10.1. The van der Waals surface area contributed by atoms with Crippen LogP contribution in [0, 0.1) is 0 Å². The van der Waals surface area contributed by atoms with E-state index in [2.05, 4.69) is 59.2 Å². The summed E-state index contributed by atoms with van der Waals surface area (Å²) in [7, 11) is 0. The summed E-state index contributed by atoms with van der Waals surface area (Å²) in [6.45, 7) is 4.47. The van der Waals surface area contributed by atoms with E-state index in [0.29, 0.717) is 12.1 Å². The normalized spacial score (nSPS) is 14.4. The average Bonchev–Trinajstić information content (AvgIpc) is 3.17. The highest BCUT2D eigenvalue weighted by Gasteiger charge is 2.16. The summed E-state index contributed by atoms with van der Waals surface area (Å²) in [6.07, 6.45) is 4.36. The van der Waals surface area contributed by atoms with Crippen molar-refractivity contribution >= 4 is 32.9 Å². The van der Waals surface area contributed by atoms with Gasteiger partial charge < -0.3 is 5.32 Å². The van der Waals surface area contributed by atoms with E-state index >= 15 is 0 Å². The molecule has 0 spiro atoms. The number of rotatable bonds is 6. The lowest BCUT2D eigenvalue weighted by Gasteiger charge is -2.22. The molecule has 3 aromatic heterocycles. The van der Waals surface area contributed by atoms with Crippen LogP contribution in [0.15, 0.2) is 41.2 Å². The Kier molecular flexibility index (Phi) is 4.68. The molecule has 0 aliphatic carbocycles. The number of hydrogen-bond donors (Lipinski definition) is 1. The van der Waals surface area contributed by atoms with Gasteiger partial charge in [-0.3, -0.25) is 4.98 Å². The van der Waals surface area contributed by atoms with Crippen molar-refractivity contribution in [1.82, 2.24) is 10.3 Å². The number of nitrogens with one attached hydrogen (secondary N) is 1. The minimum Gasteiger partial charge on any atom is -0.303 e. The third-order valence-electron chi connectivity index (χ3n) is 3.74. The van der Waals surface area contributed by atoms with Gasteiger partial charge in [0.15, 0.2) is 0 Å². The smallest absolute Gasteiger partial charge is 0.0809 e. The zero-order valence-electron chi connectivity index (χ0n) is 12.4. The Morgan fingerprint density at radius 2 is 2.14 bits per heavy atom. The van der Waals surface area contributed by atoms with Crippen molar-refractivity contribution in [3.8, 4) is 0 Å². The van der Waals surface area contributed by atoms with Crippen LogP contribution in [0.4, 0.5) is 0 Å². The topological polar surface area (TPSA) is 24.9 Å². The molecule has 0 amide bonds. The summed E-state index contributed by atoms with van der Waals surface area (Å²) >= 11 is 3.59. The molecule has 3 aromatic rings. The summed E-state index contributed by atoms with van der Waals surface area (Å²) in [5.74, 6) is 0. The number of aromatic nitrogens is 1. The fourth-order valence-corrected chi connectivity index (χ4v) is 4.19. The first kappa shape index (κ1) is 14.7. The first-order valence-electron chi connectivity index (χ1n) is 7.40. The highest BCUT2D eigenvalue weighted by Crippen LogP contribution is 2.28. The average molecular weight is 316 g/mol. The first-order chi connectivity index (χ1) is 10.3. The maximum Gasteiger partial charge on any atom is 0.0809 e. The van der Waals surface area contributed by atoms with Gasteiger partial charge in [-0.1, -0.05) is 19.4 Å². The molecular weight excluding hydrogens is 296 g/mol. The van der Waals surface area contributed by atoms with Gasteiger partial charge in [-0.15, -0.1) is 22.7 Å². The lowest BCUT2D eigenvalue weighted by molar-refractivity contribution is 0.444. The van der Waals surface area contributed by atoms with Crippen molar-refractivity contribution in [1.29, 1.82) is 0 Å². The minimum absolute atomic E-state index is 0.308. The van der Waals surface area contributed by atoms with Crippen molar-refractivity contribution in [2.75, 3.05) is 0 Å². The van der Waals surface area contributed by atoms with Crippen LogP contribution >= 0.6 is 22.7 Å². The standard InChI is InChI=1S/C17H20N2S2/c1-3-5-15(16-6-4-8-20-16)19-12(2)13-10-17-14(18-11-13)7-9-21-17/h4,6-12,15,19H,3,5H2,1-2H3. The van der Waals surface area contributed by atoms with E-state index in [0.717, 1.165) is 5.52 Å². The van der Waals surface area contributed by atoms with E-state index in [1.54, 1.807) is 11.3 Å². The minimum atomic E-state index is 0.308. The zero-order valence-corrected chi connectivity index (χ0v) is 14.0. The van der Waals surface area contributed by atoms with Crippen molar-refractivity contribution < 1.29 is 0 Å².